The molecule has 1 unspecified atom stereocenters. The molecule has 1 aromatic rings. The molecule has 0 amide bonds. The van der Waals surface area contributed by atoms with E-state index in [4.69, 9.17) is 5.73 Å². The molecule has 20 heavy (non-hydrogen) atoms. The van der Waals surface area contributed by atoms with E-state index in [2.05, 4.69) is 4.74 Å². The van der Waals surface area contributed by atoms with Crippen LogP contribution in [0.4, 0.5) is 8.78 Å². The van der Waals surface area contributed by atoms with Crippen molar-refractivity contribution in [2.75, 3.05) is 12.9 Å². The van der Waals surface area contributed by atoms with Crippen LogP contribution in [0.2, 0.25) is 0 Å². The SMILES string of the molecule is COC(=O)C(C)(N)CCCCSc1ccc(F)c(F)c1. The fourth-order valence-electron chi connectivity index (χ4n) is 1.69. The average molecular weight is 303 g/mol. The molecule has 0 heterocycles. The summed E-state index contributed by atoms with van der Waals surface area (Å²) in [7, 11) is 1.31. The summed E-state index contributed by atoms with van der Waals surface area (Å²) in [6.07, 6.45) is 2.12. The molecule has 0 aliphatic rings. The molecule has 0 saturated heterocycles. The Morgan fingerprint density at radius 2 is 2.05 bits per heavy atom. The van der Waals surface area contributed by atoms with Gasteiger partial charge in [0, 0.05) is 4.90 Å². The van der Waals surface area contributed by atoms with Crippen molar-refractivity contribution in [2.45, 2.75) is 36.6 Å². The number of hydrogen-bond donors (Lipinski definition) is 1. The summed E-state index contributed by atoms with van der Waals surface area (Å²) in [5.74, 6) is -1.35. The van der Waals surface area contributed by atoms with E-state index >= 15 is 0 Å². The molecule has 0 bridgehead atoms. The normalized spacial score (nSPS) is 13.8. The van der Waals surface area contributed by atoms with Gasteiger partial charge in [0.25, 0.3) is 0 Å². The number of benzene rings is 1. The number of halogens is 2. The van der Waals surface area contributed by atoms with Crippen LogP contribution in [0.25, 0.3) is 0 Å². The van der Waals surface area contributed by atoms with Crippen LogP contribution in [0, 0.1) is 11.6 Å². The van der Waals surface area contributed by atoms with Crippen molar-refractivity contribution < 1.29 is 18.3 Å². The van der Waals surface area contributed by atoms with Crippen molar-refractivity contribution in [1.82, 2.24) is 0 Å². The molecular formula is C14H19F2NO2S. The molecule has 0 aliphatic carbocycles. The van der Waals surface area contributed by atoms with Gasteiger partial charge in [-0.2, -0.15) is 0 Å². The molecule has 0 saturated carbocycles. The predicted octanol–water partition coefficient (Wildman–Crippen LogP) is 3.12. The van der Waals surface area contributed by atoms with Crippen LogP contribution < -0.4 is 5.73 Å². The minimum absolute atomic E-state index is 0.425. The van der Waals surface area contributed by atoms with Gasteiger partial charge >= 0.3 is 5.97 Å². The van der Waals surface area contributed by atoms with E-state index in [9.17, 15) is 13.6 Å². The molecule has 6 heteroatoms. The molecule has 0 aromatic heterocycles. The summed E-state index contributed by atoms with van der Waals surface area (Å²) in [4.78, 5) is 12.0. The smallest absolute Gasteiger partial charge is 0.325 e. The summed E-state index contributed by atoms with van der Waals surface area (Å²) in [6.45, 7) is 1.64. The van der Waals surface area contributed by atoms with Crippen LogP contribution >= 0.6 is 11.8 Å². The molecule has 0 spiro atoms. The van der Waals surface area contributed by atoms with Crippen molar-refractivity contribution in [3.05, 3.63) is 29.8 Å². The third-order valence-electron chi connectivity index (χ3n) is 2.90. The van der Waals surface area contributed by atoms with E-state index in [-0.39, 0.29) is 0 Å². The summed E-state index contributed by atoms with van der Waals surface area (Å²) in [5.41, 5.74) is 4.86. The number of esters is 1. The summed E-state index contributed by atoms with van der Waals surface area (Å²) in [5, 5.41) is 0. The number of thioether (sulfide) groups is 1. The number of nitrogens with two attached hydrogens (primary N) is 1. The molecule has 0 radical (unpaired) electrons. The molecule has 2 N–H and O–H groups in total. The van der Waals surface area contributed by atoms with E-state index in [0.29, 0.717) is 11.3 Å². The van der Waals surface area contributed by atoms with Gasteiger partial charge in [0.15, 0.2) is 11.6 Å². The monoisotopic (exact) mass is 303 g/mol. The highest BCUT2D eigenvalue weighted by atomic mass is 32.2. The van der Waals surface area contributed by atoms with Gasteiger partial charge in [-0.1, -0.05) is 6.42 Å². The molecule has 0 fully saturated rings. The van der Waals surface area contributed by atoms with Crippen LogP contribution in [-0.2, 0) is 9.53 Å². The Morgan fingerprint density at radius 3 is 2.65 bits per heavy atom. The second-order valence-electron chi connectivity index (χ2n) is 4.79. The Kier molecular flexibility index (Phi) is 6.42. The van der Waals surface area contributed by atoms with Gasteiger partial charge in [-0.25, -0.2) is 8.78 Å². The number of carbonyl (C=O) groups excluding carboxylic acids is 1. The van der Waals surface area contributed by atoms with Crippen LogP contribution in [0.5, 0.6) is 0 Å². The lowest BCUT2D eigenvalue weighted by atomic mass is 9.97. The number of hydrogen-bond acceptors (Lipinski definition) is 4. The van der Waals surface area contributed by atoms with E-state index in [1.807, 2.05) is 0 Å². The molecule has 0 aliphatic heterocycles. The third kappa shape index (κ3) is 5.09. The topological polar surface area (TPSA) is 52.3 Å². The van der Waals surface area contributed by atoms with Crippen molar-refractivity contribution in [1.29, 1.82) is 0 Å². The number of methoxy groups -OCH3 is 1. The Bertz CT molecular complexity index is 466. The molecule has 1 rings (SSSR count). The van der Waals surface area contributed by atoms with Gasteiger partial charge in [0.1, 0.15) is 5.54 Å². The molecule has 1 aromatic carbocycles. The number of unbranched alkanes of at least 4 members (excludes halogenated alkanes) is 1. The molecule has 1 atom stereocenters. The van der Waals surface area contributed by atoms with Gasteiger partial charge < -0.3 is 10.5 Å². The third-order valence-corrected chi connectivity index (χ3v) is 3.98. The average Bonchev–Trinajstić information content (AvgIpc) is 2.41. The number of rotatable bonds is 7. The highest BCUT2D eigenvalue weighted by molar-refractivity contribution is 7.99. The first-order valence-electron chi connectivity index (χ1n) is 6.32. The van der Waals surface area contributed by atoms with Gasteiger partial charge in [0.2, 0.25) is 0 Å². The van der Waals surface area contributed by atoms with E-state index in [0.717, 1.165) is 24.7 Å². The second kappa shape index (κ2) is 7.59. The van der Waals surface area contributed by atoms with E-state index < -0.39 is 23.1 Å². The lowest BCUT2D eigenvalue weighted by Crippen LogP contribution is -2.45. The highest BCUT2D eigenvalue weighted by Gasteiger charge is 2.28. The zero-order valence-corrected chi connectivity index (χ0v) is 12.4. The van der Waals surface area contributed by atoms with Crippen molar-refractivity contribution in [2.24, 2.45) is 5.73 Å². The zero-order valence-electron chi connectivity index (χ0n) is 11.6. The van der Waals surface area contributed by atoms with Crippen molar-refractivity contribution in [3.63, 3.8) is 0 Å². The first-order valence-corrected chi connectivity index (χ1v) is 7.30. The van der Waals surface area contributed by atoms with Gasteiger partial charge in [-0.3, -0.25) is 4.79 Å². The predicted molar refractivity (Wildman–Crippen MR) is 75.5 cm³/mol. The first-order chi connectivity index (χ1) is 9.36. The quantitative estimate of drug-likeness (QED) is 0.478. The first kappa shape index (κ1) is 16.9. The second-order valence-corrected chi connectivity index (χ2v) is 5.96. The fraction of sp³-hybridized carbons (Fsp3) is 0.500. The van der Waals surface area contributed by atoms with Crippen LogP contribution in [0.1, 0.15) is 26.2 Å². The summed E-state index contributed by atoms with van der Waals surface area (Å²) in [6, 6.07) is 3.85. The molecule has 3 nitrogen and oxygen atoms in total. The number of ether oxygens (including phenoxy) is 1. The molecular weight excluding hydrogens is 284 g/mol. The minimum atomic E-state index is -0.971. The Hall–Kier alpha value is -1.14. The largest absolute Gasteiger partial charge is 0.468 e. The lowest BCUT2D eigenvalue weighted by Gasteiger charge is -2.20. The van der Waals surface area contributed by atoms with Gasteiger partial charge in [-0.05, 0) is 43.7 Å². The summed E-state index contributed by atoms with van der Waals surface area (Å²) < 4.78 is 30.3. The standard InChI is InChI=1S/C14H19F2NO2S/c1-14(17,13(18)19-2)7-3-4-8-20-10-5-6-11(15)12(16)9-10/h5-6,9H,3-4,7-8,17H2,1-2H3. The van der Waals surface area contributed by atoms with Crippen LogP contribution in [-0.4, -0.2) is 24.4 Å². The molecule has 112 valence electrons. The van der Waals surface area contributed by atoms with Crippen LogP contribution in [0.15, 0.2) is 23.1 Å². The Morgan fingerprint density at radius 1 is 1.35 bits per heavy atom. The van der Waals surface area contributed by atoms with E-state index in [1.165, 1.54) is 24.9 Å². The van der Waals surface area contributed by atoms with Gasteiger partial charge in [0.05, 0.1) is 7.11 Å². The maximum atomic E-state index is 13.0. The fourth-order valence-corrected chi connectivity index (χ4v) is 2.62. The van der Waals surface area contributed by atoms with Crippen LogP contribution in [0.3, 0.4) is 0 Å². The van der Waals surface area contributed by atoms with E-state index in [1.54, 1.807) is 13.0 Å². The number of carbonyl (C=O) groups is 1. The van der Waals surface area contributed by atoms with Crippen molar-refractivity contribution >= 4 is 17.7 Å². The Balaban J connectivity index is 2.28. The minimum Gasteiger partial charge on any atom is -0.468 e. The highest BCUT2D eigenvalue weighted by Crippen LogP contribution is 2.22. The summed E-state index contributed by atoms with van der Waals surface area (Å²) >= 11 is 1.44. The lowest BCUT2D eigenvalue weighted by molar-refractivity contribution is -0.146. The maximum Gasteiger partial charge on any atom is 0.325 e. The van der Waals surface area contributed by atoms with Crippen molar-refractivity contribution in [3.8, 4) is 0 Å². The van der Waals surface area contributed by atoms with Gasteiger partial charge in [-0.15, -0.1) is 11.8 Å². The Labute approximate surface area is 121 Å². The maximum absolute atomic E-state index is 13.0. The zero-order chi connectivity index (χ0) is 15.2.